The Morgan fingerprint density at radius 2 is 1.65 bits per heavy atom. The SMILES string of the molecule is CCc1cc(Oc2ccc3c4ccccc4n(-c4cc(C)ccn4)c3c2)cc(-n2nc(C(C)C)c(C3C(C)=CCC[C@@H]3C)c2C(C)C)c1. The predicted octanol–water partition coefficient (Wildman–Crippen LogP) is 11.7. The number of benzene rings is 3. The van der Waals surface area contributed by atoms with E-state index in [9.17, 15) is 0 Å². The fourth-order valence-electron chi connectivity index (χ4n) is 7.85. The number of nitrogens with zero attached hydrogens (tertiary/aromatic N) is 4. The van der Waals surface area contributed by atoms with E-state index in [1.165, 1.54) is 57.3 Å². The van der Waals surface area contributed by atoms with Crippen LogP contribution in [-0.2, 0) is 6.42 Å². The van der Waals surface area contributed by atoms with Crippen LogP contribution in [0.3, 0.4) is 0 Å². The number of ether oxygens (including phenoxy) is 1. The summed E-state index contributed by atoms with van der Waals surface area (Å²) in [6.45, 7) is 18.2. The van der Waals surface area contributed by atoms with Crippen LogP contribution in [-0.4, -0.2) is 19.3 Å². The molecule has 6 aromatic rings. The van der Waals surface area contributed by atoms with Crippen LogP contribution in [0.15, 0.2) is 90.6 Å². The van der Waals surface area contributed by atoms with Gasteiger partial charge in [0.15, 0.2) is 0 Å². The summed E-state index contributed by atoms with van der Waals surface area (Å²) in [5.41, 5.74) is 11.1. The van der Waals surface area contributed by atoms with Crippen LogP contribution in [0, 0.1) is 12.8 Å². The summed E-state index contributed by atoms with van der Waals surface area (Å²) < 4.78 is 11.2. The van der Waals surface area contributed by atoms with Crippen molar-refractivity contribution in [2.45, 2.75) is 92.4 Å². The monoisotopic (exact) mass is 636 g/mol. The molecule has 3 heterocycles. The molecule has 0 radical (unpaired) electrons. The molecule has 5 nitrogen and oxygen atoms in total. The second kappa shape index (κ2) is 12.8. The Kier molecular flexibility index (Phi) is 8.49. The minimum atomic E-state index is 0.316. The fourth-order valence-corrected chi connectivity index (χ4v) is 7.85. The third kappa shape index (κ3) is 5.63. The topological polar surface area (TPSA) is 44.9 Å². The summed E-state index contributed by atoms with van der Waals surface area (Å²) in [4.78, 5) is 4.76. The van der Waals surface area contributed by atoms with Crippen LogP contribution >= 0.6 is 0 Å². The van der Waals surface area contributed by atoms with Crippen molar-refractivity contribution < 1.29 is 4.74 Å². The fraction of sp³-hybridized carbons (Fsp3) is 0.349. The van der Waals surface area contributed by atoms with Gasteiger partial charge in [-0.3, -0.25) is 4.57 Å². The van der Waals surface area contributed by atoms with Crippen LogP contribution in [0.25, 0.3) is 33.3 Å². The summed E-state index contributed by atoms with van der Waals surface area (Å²) in [5.74, 6) is 4.15. The zero-order valence-electron chi connectivity index (χ0n) is 29.7. The molecule has 0 amide bonds. The number of allylic oxidation sites excluding steroid dienone is 2. The van der Waals surface area contributed by atoms with Crippen LogP contribution < -0.4 is 4.74 Å². The van der Waals surface area contributed by atoms with E-state index >= 15 is 0 Å². The summed E-state index contributed by atoms with van der Waals surface area (Å²) in [7, 11) is 0. The molecule has 1 aliphatic carbocycles. The molecule has 48 heavy (non-hydrogen) atoms. The average molecular weight is 637 g/mol. The van der Waals surface area contributed by atoms with E-state index in [1.54, 1.807) is 0 Å². The molecule has 0 N–H and O–H groups in total. The standard InChI is InChI=1S/C43H48N4O/c1-9-31-22-32(47-43(27(4)5)41(42(45-47)26(2)3)40-29(7)13-12-14-30(40)8)24-34(23-31)48-33-17-18-36-35-15-10-11-16-37(35)46(38(36)25-33)39-21-28(6)19-20-44-39/h10-11,13,15-27,30,40H,9,12,14H2,1-8H3/t30-,40?/m0/s1. The van der Waals surface area contributed by atoms with Gasteiger partial charge in [0.25, 0.3) is 0 Å². The molecule has 1 unspecified atom stereocenters. The van der Waals surface area contributed by atoms with Gasteiger partial charge in [-0.25, -0.2) is 9.67 Å². The highest BCUT2D eigenvalue weighted by Gasteiger charge is 2.33. The first-order valence-corrected chi connectivity index (χ1v) is 17.7. The average Bonchev–Trinajstić information content (AvgIpc) is 3.61. The number of fused-ring (bicyclic) bond motifs is 3. The molecule has 0 fully saturated rings. The van der Waals surface area contributed by atoms with Gasteiger partial charge < -0.3 is 4.74 Å². The van der Waals surface area contributed by atoms with Crippen LogP contribution in [0.5, 0.6) is 11.5 Å². The minimum absolute atomic E-state index is 0.316. The van der Waals surface area contributed by atoms with Crippen LogP contribution in [0.1, 0.15) is 107 Å². The normalized spacial score (nSPS) is 16.8. The van der Waals surface area contributed by atoms with Gasteiger partial charge in [-0.1, -0.05) is 71.4 Å². The molecule has 7 rings (SSSR count). The van der Waals surface area contributed by atoms with E-state index in [4.69, 9.17) is 14.8 Å². The van der Waals surface area contributed by atoms with Crippen LogP contribution in [0.2, 0.25) is 0 Å². The number of pyridine rings is 1. The van der Waals surface area contributed by atoms with Gasteiger partial charge in [-0.15, -0.1) is 0 Å². The van der Waals surface area contributed by atoms with E-state index in [1.807, 2.05) is 12.3 Å². The van der Waals surface area contributed by atoms with Crippen molar-refractivity contribution in [3.05, 3.63) is 119 Å². The maximum atomic E-state index is 6.75. The molecule has 0 aliphatic heterocycles. The lowest BCUT2D eigenvalue weighted by Crippen LogP contribution is -2.18. The highest BCUT2D eigenvalue weighted by Crippen LogP contribution is 2.45. The van der Waals surface area contributed by atoms with Gasteiger partial charge in [0.2, 0.25) is 0 Å². The van der Waals surface area contributed by atoms with E-state index in [-0.39, 0.29) is 0 Å². The molecule has 5 heteroatoms. The van der Waals surface area contributed by atoms with Crippen molar-refractivity contribution in [3.63, 3.8) is 0 Å². The number of para-hydroxylation sites is 1. The number of aryl methyl sites for hydroxylation is 2. The van der Waals surface area contributed by atoms with Gasteiger partial charge in [0.1, 0.15) is 17.3 Å². The van der Waals surface area contributed by atoms with Gasteiger partial charge in [-0.05, 0) is 104 Å². The molecule has 0 bridgehead atoms. The largest absolute Gasteiger partial charge is 0.457 e. The smallest absolute Gasteiger partial charge is 0.137 e. The molecule has 1 aliphatic rings. The third-order valence-electron chi connectivity index (χ3n) is 10.2. The predicted molar refractivity (Wildman–Crippen MR) is 199 cm³/mol. The second-order valence-electron chi connectivity index (χ2n) is 14.4. The van der Waals surface area contributed by atoms with Crippen molar-refractivity contribution in [1.29, 1.82) is 0 Å². The number of hydrogen-bond donors (Lipinski definition) is 0. The van der Waals surface area contributed by atoms with E-state index in [0.29, 0.717) is 23.7 Å². The highest BCUT2D eigenvalue weighted by atomic mass is 16.5. The first-order chi connectivity index (χ1) is 23.1. The summed E-state index contributed by atoms with van der Waals surface area (Å²) in [6, 6.07) is 25.8. The van der Waals surface area contributed by atoms with E-state index < -0.39 is 0 Å². The van der Waals surface area contributed by atoms with Crippen molar-refractivity contribution in [2.24, 2.45) is 5.92 Å². The highest BCUT2D eigenvalue weighted by molar-refractivity contribution is 6.09. The summed E-state index contributed by atoms with van der Waals surface area (Å²) >= 11 is 0. The van der Waals surface area contributed by atoms with Crippen molar-refractivity contribution in [3.8, 4) is 23.0 Å². The molecule has 2 atom stereocenters. The van der Waals surface area contributed by atoms with Gasteiger partial charge >= 0.3 is 0 Å². The quantitative estimate of drug-likeness (QED) is 0.156. The number of aromatic nitrogens is 4. The van der Waals surface area contributed by atoms with E-state index in [2.05, 4.69) is 137 Å². The maximum absolute atomic E-state index is 6.75. The second-order valence-corrected chi connectivity index (χ2v) is 14.4. The Labute approximate surface area is 285 Å². The number of rotatable bonds is 8. The molecule has 0 spiro atoms. The van der Waals surface area contributed by atoms with Crippen molar-refractivity contribution in [2.75, 3.05) is 0 Å². The lowest BCUT2D eigenvalue weighted by molar-refractivity contribution is 0.443. The Balaban J connectivity index is 1.35. The van der Waals surface area contributed by atoms with Crippen molar-refractivity contribution in [1.82, 2.24) is 19.3 Å². The Hall–Kier alpha value is -4.64. The number of hydrogen-bond acceptors (Lipinski definition) is 3. The Bertz CT molecular complexity index is 2160. The minimum Gasteiger partial charge on any atom is -0.457 e. The molecular weight excluding hydrogens is 589 g/mol. The van der Waals surface area contributed by atoms with Gasteiger partial charge in [0, 0.05) is 40.6 Å². The Morgan fingerprint density at radius 3 is 2.38 bits per heavy atom. The molecule has 246 valence electrons. The molecule has 3 aromatic carbocycles. The summed E-state index contributed by atoms with van der Waals surface area (Å²) in [5, 5.41) is 7.79. The molecule has 0 saturated carbocycles. The zero-order chi connectivity index (χ0) is 33.7. The molecule has 0 saturated heterocycles. The molecular formula is C43H48N4O. The van der Waals surface area contributed by atoms with E-state index in [0.717, 1.165) is 40.5 Å². The Morgan fingerprint density at radius 1 is 0.854 bits per heavy atom. The lowest BCUT2D eigenvalue weighted by atomic mass is 9.73. The zero-order valence-corrected chi connectivity index (χ0v) is 29.7. The third-order valence-corrected chi connectivity index (χ3v) is 10.2. The van der Waals surface area contributed by atoms with Crippen molar-refractivity contribution >= 4 is 21.8 Å². The first kappa shape index (κ1) is 31.9. The maximum Gasteiger partial charge on any atom is 0.137 e. The van der Waals surface area contributed by atoms with Gasteiger partial charge in [-0.2, -0.15) is 5.10 Å². The lowest BCUT2D eigenvalue weighted by Gasteiger charge is -2.31. The van der Waals surface area contributed by atoms with Crippen LogP contribution in [0.4, 0.5) is 0 Å². The first-order valence-electron chi connectivity index (χ1n) is 17.7. The van der Waals surface area contributed by atoms with Gasteiger partial charge in [0.05, 0.1) is 28.1 Å². The molecule has 3 aromatic heterocycles. The summed E-state index contributed by atoms with van der Waals surface area (Å²) in [6.07, 6.45) is 7.62.